The van der Waals surface area contributed by atoms with E-state index in [2.05, 4.69) is 10.1 Å². The summed E-state index contributed by atoms with van der Waals surface area (Å²) in [6.07, 6.45) is 0.509. The van der Waals surface area contributed by atoms with Crippen LogP contribution >= 0.6 is 11.3 Å². The number of nitrogens with two attached hydrogens (primary N) is 1. The number of anilines is 1. The SMILES string of the molecule is CCC(C)(N)C(=O)Nc1c(C)csc1C(=O)OC. The molecule has 5 nitrogen and oxygen atoms in total. The van der Waals surface area contributed by atoms with E-state index >= 15 is 0 Å². The minimum absolute atomic E-state index is 0.309. The quantitative estimate of drug-likeness (QED) is 0.819. The monoisotopic (exact) mass is 270 g/mol. The van der Waals surface area contributed by atoms with E-state index in [-0.39, 0.29) is 5.91 Å². The molecule has 3 N–H and O–H groups in total. The van der Waals surface area contributed by atoms with Crippen LogP contribution in [0.4, 0.5) is 5.69 Å². The smallest absolute Gasteiger partial charge is 0.350 e. The Balaban J connectivity index is 3.01. The average molecular weight is 270 g/mol. The van der Waals surface area contributed by atoms with Crippen molar-refractivity contribution in [2.75, 3.05) is 12.4 Å². The third kappa shape index (κ3) is 2.88. The Labute approximate surface area is 110 Å². The number of hydrogen-bond donors (Lipinski definition) is 2. The summed E-state index contributed by atoms with van der Waals surface area (Å²) in [4.78, 5) is 23.9. The predicted molar refractivity (Wildman–Crippen MR) is 71.9 cm³/mol. The molecular weight excluding hydrogens is 252 g/mol. The summed E-state index contributed by atoms with van der Waals surface area (Å²) in [5, 5.41) is 4.50. The van der Waals surface area contributed by atoms with Crippen LogP contribution in [0.15, 0.2) is 5.38 Å². The third-order valence-corrected chi connectivity index (χ3v) is 3.92. The van der Waals surface area contributed by atoms with Gasteiger partial charge in [-0.2, -0.15) is 0 Å². The predicted octanol–water partition coefficient (Wildman–Crippen LogP) is 1.91. The Bertz CT molecular complexity index is 466. The first kappa shape index (κ1) is 14.7. The molecule has 0 aliphatic carbocycles. The molecule has 0 saturated heterocycles. The van der Waals surface area contributed by atoms with Crippen molar-refractivity contribution in [1.29, 1.82) is 0 Å². The van der Waals surface area contributed by atoms with Gasteiger partial charge in [-0.05, 0) is 31.2 Å². The molecule has 0 aromatic carbocycles. The van der Waals surface area contributed by atoms with E-state index in [1.807, 2.05) is 13.8 Å². The molecule has 1 aromatic rings. The summed E-state index contributed by atoms with van der Waals surface area (Å²) >= 11 is 1.24. The Morgan fingerprint density at radius 1 is 1.56 bits per heavy atom. The lowest BCUT2D eigenvalue weighted by molar-refractivity contribution is -0.120. The molecule has 1 rings (SSSR count). The topological polar surface area (TPSA) is 81.4 Å². The van der Waals surface area contributed by atoms with Crippen molar-refractivity contribution in [3.8, 4) is 0 Å². The molecule has 1 amide bonds. The fourth-order valence-electron chi connectivity index (χ4n) is 1.26. The molecule has 1 unspecified atom stereocenters. The molecule has 100 valence electrons. The van der Waals surface area contributed by atoms with Gasteiger partial charge in [0.05, 0.1) is 18.3 Å². The van der Waals surface area contributed by atoms with Crippen LogP contribution in [0, 0.1) is 6.92 Å². The molecule has 0 aliphatic rings. The van der Waals surface area contributed by atoms with Crippen molar-refractivity contribution in [3.05, 3.63) is 15.8 Å². The summed E-state index contributed by atoms with van der Waals surface area (Å²) in [6, 6.07) is 0. The van der Waals surface area contributed by atoms with Gasteiger partial charge in [-0.15, -0.1) is 11.3 Å². The van der Waals surface area contributed by atoms with E-state index in [0.717, 1.165) is 5.56 Å². The van der Waals surface area contributed by atoms with Gasteiger partial charge in [0.25, 0.3) is 0 Å². The Morgan fingerprint density at radius 3 is 2.67 bits per heavy atom. The molecule has 0 saturated carbocycles. The van der Waals surface area contributed by atoms with Crippen LogP contribution in [-0.2, 0) is 9.53 Å². The van der Waals surface area contributed by atoms with Crippen LogP contribution in [-0.4, -0.2) is 24.5 Å². The Kier molecular flexibility index (Phi) is 4.48. The summed E-state index contributed by atoms with van der Waals surface area (Å²) < 4.78 is 4.67. The van der Waals surface area contributed by atoms with Gasteiger partial charge in [-0.3, -0.25) is 4.79 Å². The highest BCUT2D eigenvalue weighted by molar-refractivity contribution is 7.12. The van der Waals surface area contributed by atoms with Gasteiger partial charge in [0, 0.05) is 0 Å². The van der Waals surface area contributed by atoms with Gasteiger partial charge < -0.3 is 15.8 Å². The zero-order valence-corrected chi connectivity index (χ0v) is 11.8. The number of ether oxygens (including phenoxy) is 1. The summed E-state index contributed by atoms with van der Waals surface area (Å²) in [5.41, 5.74) is 6.21. The first-order chi connectivity index (χ1) is 8.33. The Morgan fingerprint density at radius 2 is 2.17 bits per heavy atom. The molecular formula is C12H18N2O3S. The molecule has 0 radical (unpaired) electrons. The van der Waals surface area contributed by atoms with Crippen LogP contribution in [0.1, 0.15) is 35.5 Å². The van der Waals surface area contributed by atoms with Gasteiger partial charge in [0.2, 0.25) is 5.91 Å². The number of amides is 1. The van der Waals surface area contributed by atoms with Gasteiger partial charge in [-0.25, -0.2) is 4.79 Å². The molecule has 1 aromatic heterocycles. The molecule has 0 aliphatic heterocycles. The lowest BCUT2D eigenvalue weighted by Crippen LogP contribution is -2.48. The fraction of sp³-hybridized carbons (Fsp3) is 0.500. The molecule has 1 atom stereocenters. The maximum absolute atomic E-state index is 12.0. The van der Waals surface area contributed by atoms with E-state index in [4.69, 9.17) is 5.73 Å². The van der Waals surface area contributed by atoms with Crippen molar-refractivity contribution in [1.82, 2.24) is 0 Å². The van der Waals surface area contributed by atoms with E-state index in [0.29, 0.717) is 17.0 Å². The summed E-state index contributed by atoms with van der Waals surface area (Å²) in [7, 11) is 1.31. The maximum atomic E-state index is 12.0. The largest absolute Gasteiger partial charge is 0.465 e. The standard InChI is InChI=1S/C12H18N2O3S/c1-5-12(3,13)11(16)14-8-7(2)6-18-9(8)10(15)17-4/h6H,5,13H2,1-4H3,(H,14,16). The van der Waals surface area contributed by atoms with Crippen LogP contribution < -0.4 is 11.1 Å². The number of esters is 1. The van der Waals surface area contributed by atoms with E-state index in [9.17, 15) is 9.59 Å². The lowest BCUT2D eigenvalue weighted by atomic mass is 9.99. The summed E-state index contributed by atoms with van der Waals surface area (Å²) in [5.74, 6) is -0.768. The van der Waals surface area contributed by atoms with Crippen LogP contribution in [0.2, 0.25) is 0 Å². The maximum Gasteiger partial charge on any atom is 0.350 e. The highest BCUT2D eigenvalue weighted by Crippen LogP contribution is 2.29. The number of rotatable bonds is 4. The number of carbonyl (C=O) groups excluding carboxylic acids is 2. The van der Waals surface area contributed by atoms with Crippen molar-refractivity contribution in [3.63, 3.8) is 0 Å². The highest BCUT2D eigenvalue weighted by Gasteiger charge is 2.28. The first-order valence-corrected chi connectivity index (χ1v) is 6.48. The zero-order chi connectivity index (χ0) is 13.9. The second-order valence-electron chi connectivity index (χ2n) is 4.34. The second-order valence-corrected chi connectivity index (χ2v) is 5.22. The van der Waals surface area contributed by atoms with Gasteiger partial charge in [-0.1, -0.05) is 6.92 Å². The first-order valence-electron chi connectivity index (χ1n) is 5.60. The summed E-state index contributed by atoms with van der Waals surface area (Å²) in [6.45, 7) is 5.31. The molecule has 0 bridgehead atoms. The van der Waals surface area contributed by atoms with Crippen molar-refractivity contribution in [2.24, 2.45) is 5.73 Å². The van der Waals surface area contributed by atoms with Crippen molar-refractivity contribution in [2.45, 2.75) is 32.7 Å². The van der Waals surface area contributed by atoms with E-state index in [1.54, 1.807) is 12.3 Å². The number of methoxy groups -OCH3 is 1. The second kappa shape index (κ2) is 5.49. The number of hydrogen-bond acceptors (Lipinski definition) is 5. The molecule has 18 heavy (non-hydrogen) atoms. The van der Waals surface area contributed by atoms with Crippen LogP contribution in [0.25, 0.3) is 0 Å². The normalized spacial score (nSPS) is 13.8. The van der Waals surface area contributed by atoms with Crippen LogP contribution in [0.3, 0.4) is 0 Å². The number of thiophene rings is 1. The van der Waals surface area contributed by atoms with Crippen LogP contribution in [0.5, 0.6) is 0 Å². The van der Waals surface area contributed by atoms with E-state index in [1.165, 1.54) is 18.4 Å². The Hall–Kier alpha value is -1.40. The van der Waals surface area contributed by atoms with Crippen molar-refractivity contribution >= 4 is 28.9 Å². The molecule has 0 spiro atoms. The molecule has 0 fully saturated rings. The number of aryl methyl sites for hydroxylation is 1. The van der Waals surface area contributed by atoms with E-state index < -0.39 is 11.5 Å². The lowest BCUT2D eigenvalue weighted by Gasteiger charge is -2.21. The molecule has 1 heterocycles. The fourth-order valence-corrected chi connectivity index (χ4v) is 2.18. The van der Waals surface area contributed by atoms with Gasteiger partial charge >= 0.3 is 5.97 Å². The minimum atomic E-state index is -0.957. The number of carbonyl (C=O) groups is 2. The van der Waals surface area contributed by atoms with Crippen molar-refractivity contribution < 1.29 is 14.3 Å². The average Bonchev–Trinajstić information content (AvgIpc) is 2.70. The van der Waals surface area contributed by atoms with Gasteiger partial charge in [0.15, 0.2) is 0 Å². The molecule has 6 heteroatoms. The number of nitrogens with one attached hydrogen (secondary N) is 1. The third-order valence-electron chi connectivity index (χ3n) is 2.84. The minimum Gasteiger partial charge on any atom is -0.465 e. The zero-order valence-electron chi connectivity index (χ0n) is 11.0. The highest BCUT2D eigenvalue weighted by atomic mass is 32.1. The van der Waals surface area contributed by atoms with Gasteiger partial charge in [0.1, 0.15) is 4.88 Å².